The fourth-order valence-corrected chi connectivity index (χ4v) is 1.47. The summed E-state index contributed by atoms with van der Waals surface area (Å²) in [5.74, 6) is -1.51. The number of allylic oxidation sites excluding steroid dienone is 2. The predicted octanol–water partition coefficient (Wildman–Crippen LogP) is 2.12. The normalized spacial score (nSPS) is 13.5. The number of amides is 1. The summed E-state index contributed by atoms with van der Waals surface area (Å²) in [5.41, 5.74) is 0.908. The lowest BCUT2D eigenvalue weighted by Gasteiger charge is -2.17. The second-order valence-corrected chi connectivity index (χ2v) is 4.33. The molecule has 1 amide bonds. The van der Waals surface area contributed by atoms with Gasteiger partial charge in [-0.05, 0) is 26.2 Å². The summed E-state index contributed by atoms with van der Waals surface area (Å²) in [6.07, 6.45) is 3.13. The van der Waals surface area contributed by atoms with Gasteiger partial charge in [0.1, 0.15) is 6.04 Å². The number of nitrogens with one attached hydrogen (secondary N) is 1. The molecule has 0 saturated carbocycles. The van der Waals surface area contributed by atoms with Crippen LogP contribution < -0.4 is 5.32 Å². The highest BCUT2D eigenvalue weighted by Crippen LogP contribution is 2.10. The van der Waals surface area contributed by atoms with Gasteiger partial charge < -0.3 is 10.4 Å². The lowest BCUT2D eigenvalue weighted by atomic mass is 10.0. The first-order valence-corrected chi connectivity index (χ1v) is 5.67. The molecular weight excluding hydrogens is 218 g/mol. The minimum absolute atomic E-state index is 0.246. The Labute approximate surface area is 102 Å². The minimum Gasteiger partial charge on any atom is -0.480 e. The second kappa shape index (κ2) is 7.65. The summed E-state index contributed by atoms with van der Waals surface area (Å²) in [7, 11) is 0. The van der Waals surface area contributed by atoms with Gasteiger partial charge in [-0.2, -0.15) is 0 Å². The molecule has 0 aliphatic rings. The standard InChI is InChI=1S/C13H21NO3/c1-5-6-7-11(13(16)17)14-12(15)10(4)8-9(2)3/h5,10-11H,1-2,6-8H2,3-4H3,(H,14,15)(H,16,17). The Morgan fingerprint density at radius 2 is 2.06 bits per heavy atom. The van der Waals surface area contributed by atoms with Gasteiger partial charge in [0.2, 0.25) is 5.91 Å². The number of rotatable bonds is 8. The zero-order valence-electron chi connectivity index (χ0n) is 10.5. The van der Waals surface area contributed by atoms with Crippen LogP contribution in [-0.4, -0.2) is 23.0 Å². The van der Waals surface area contributed by atoms with Gasteiger partial charge in [0.25, 0.3) is 0 Å². The molecule has 0 rings (SSSR count). The molecule has 2 N–H and O–H groups in total. The van der Waals surface area contributed by atoms with E-state index >= 15 is 0 Å². The number of carboxylic acid groups (broad SMARTS) is 1. The molecule has 0 aromatic heterocycles. The number of carboxylic acids is 1. The highest BCUT2D eigenvalue weighted by Gasteiger charge is 2.22. The molecule has 0 aromatic rings. The average molecular weight is 239 g/mol. The predicted molar refractivity (Wildman–Crippen MR) is 67.6 cm³/mol. The Kier molecular flexibility index (Phi) is 6.94. The van der Waals surface area contributed by atoms with Crippen LogP contribution in [0.2, 0.25) is 0 Å². The Balaban J connectivity index is 4.33. The molecule has 0 radical (unpaired) electrons. The average Bonchev–Trinajstić information content (AvgIpc) is 2.22. The van der Waals surface area contributed by atoms with Gasteiger partial charge in [-0.1, -0.05) is 18.6 Å². The maximum absolute atomic E-state index is 11.7. The van der Waals surface area contributed by atoms with Crippen LogP contribution in [0, 0.1) is 5.92 Å². The minimum atomic E-state index is -1.01. The fraction of sp³-hybridized carbons (Fsp3) is 0.538. The van der Waals surface area contributed by atoms with E-state index in [2.05, 4.69) is 18.5 Å². The third-order valence-corrected chi connectivity index (χ3v) is 2.38. The topological polar surface area (TPSA) is 66.4 Å². The third kappa shape index (κ3) is 6.56. The van der Waals surface area contributed by atoms with E-state index in [4.69, 9.17) is 5.11 Å². The van der Waals surface area contributed by atoms with Crippen molar-refractivity contribution in [1.29, 1.82) is 0 Å². The molecule has 17 heavy (non-hydrogen) atoms. The van der Waals surface area contributed by atoms with Crippen LogP contribution in [-0.2, 0) is 9.59 Å². The van der Waals surface area contributed by atoms with Crippen molar-refractivity contribution in [2.75, 3.05) is 0 Å². The van der Waals surface area contributed by atoms with E-state index in [1.54, 1.807) is 13.0 Å². The number of aliphatic carboxylic acids is 1. The van der Waals surface area contributed by atoms with Crippen molar-refractivity contribution >= 4 is 11.9 Å². The molecule has 0 bridgehead atoms. The molecule has 0 aliphatic carbocycles. The molecule has 0 fully saturated rings. The van der Waals surface area contributed by atoms with Gasteiger partial charge in [0, 0.05) is 5.92 Å². The van der Waals surface area contributed by atoms with Crippen molar-refractivity contribution in [2.24, 2.45) is 5.92 Å². The maximum Gasteiger partial charge on any atom is 0.326 e. The van der Waals surface area contributed by atoms with E-state index in [1.807, 2.05) is 6.92 Å². The second-order valence-electron chi connectivity index (χ2n) is 4.33. The van der Waals surface area contributed by atoms with Gasteiger partial charge in [-0.15, -0.1) is 13.2 Å². The monoisotopic (exact) mass is 239 g/mol. The largest absolute Gasteiger partial charge is 0.480 e. The fourth-order valence-electron chi connectivity index (χ4n) is 1.47. The number of carbonyl (C=O) groups excluding carboxylic acids is 1. The van der Waals surface area contributed by atoms with E-state index < -0.39 is 12.0 Å². The summed E-state index contributed by atoms with van der Waals surface area (Å²) >= 11 is 0. The van der Waals surface area contributed by atoms with Crippen molar-refractivity contribution in [2.45, 2.75) is 39.2 Å². The zero-order valence-corrected chi connectivity index (χ0v) is 10.5. The van der Waals surface area contributed by atoms with E-state index in [9.17, 15) is 9.59 Å². The van der Waals surface area contributed by atoms with Gasteiger partial charge in [0.15, 0.2) is 0 Å². The number of carbonyl (C=O) groups is 2. The van der Waals surface area contributed by atoms with Crippen LogP contribution in [0.15, 0.2) is 24.8 Å². The first kappa shape index (κ1) is 15.4. The van der Waals surface area contributed by atoms with Crippen molar-refractivity contribution < 1.29 is 14.7 Å². The molecule has 0 aliphatic heterocycles. The quantitative estimate of drug-likeness (QED) is 0.638. The number of hydrogen-bond acceptors (Lipinski definition) is 2. The van der Waals surface area contributed by atoms with Crippen molar-refractivity contribution in [3.05, 3.63) is 24.8 Å². The highest BCUT2D eigenvalue weighted by molar-refractivity contribution is 5.84. The van der Waals surface area contributed by atoms with Crippen LogP contribution >= 0.6 is 0 Å². The first-order chi connectivity index (χ1) is 7.88. The van der Waals surface area contributed by atoms with E-state index in [0.29, 0.717) is 19.3 Å². The summed E-state index contributed by atoms with van der Waals surface area (Å²) in [6, 6.07) is -0.840. The molecule has 4 nitrogen and oxygen atoms in total. The molecule has 96 valence electrons. The van der Waals surface area contributed by atoms with Gasteiger partial charge in [-0.3, -0.25) is 4.79 Å². The molecular formula is C13H21NO3. The molecule has 0 saturated heterocycles. The van der Waals surface area contributed by atoms with Crippen molar-refractivity contribution in [1.82, 2.24) is 5.32 Å². The smallest absolute Gasteiger partial charge is 0.326 e. The summed E-state index contributed by atoms with van der Waals surface area (Å²) in [4.78, 5) is 22.6. The Morgan fingerprint density at radius 1 is 1.47 bits per heavy atom. The number of hydrogen-bond donors (Lipinski definition) is 2. The van der Waals surface area contributed by atoms with Gasteiger partial charge in [-0.25, -0.2) is 4.79 Å². The summed E-state index contributed by atoms with van der Waals surface area (Å²) in [5, 5.41) is 11.5. The van der Waals surface area contributed by atoms with Crippen LogP contribution in [0.1, 0.15) is 33.1 Å². The summed E-state index contributed by atoms with van der Waals surface area (Å²) in [6.45, 7) is 10.9. The van der Waals surface area contributed by atoms with Crippen LogP contribution in [0.3, 0.4) is 0 Å². The SMILES string of the molecule is C=CCCC(NC(=O)C(C)CC(=C)C)C(=O)O. The Morgan fingerprint density at radius 3 is 2.47 bits per heavy atom. The third-order valence-electron chi connectivity index (χ3n) is 2.38. The zero-order chi connectivity index (χ0) is 13.4. The Hall–Kier alpha value is -1.58. The highest BCUT2D eigenvalue weighted by atomic mass is 16.4. The van der Waals surface area contributed by atoms with Crippen LogP contribution in [0.5, 0.6) is 0 Å². The van der Waals surface area contributed by atoms with Gasteiger partial charge >= 0.3 is 5.97 Å². The molecule has 0 aromatic carbocycles. The van der Waals surface area contributed by atoms with Crippen LogP contribution in [0.25, 0.3) is 0 Å². The summed E-state index contributed by atoms with van der Waals surface area (Å²) < 4.78 is 0. The molecule has 2 atom stereocenters. The molecule has 2 unspecified atom stereocenters. The van der Waals surface area contributed by atoms with Crippen molar-refractivity contribution in [3.63, 3.8) is 0 Å². The molecule has 0 heterocycles. The first-order valence-electron chi connectivity index (χ1n) is 5.67. The Bertz CT molecular complexity index is 310. The lowest BCUT2D eigenvalue weighted by molar-refractivity contribution is -0.142. The van der Waals surface area contributed by atoms with E-state index in [-0.39, 0.29) is 11.8 Å². The van der Waals surface area contributed by atoms with Gasteiger partial charge in [0.05, 0.1) is 0 Å². The van der Waals surface area contributed by atoms with E-state index in [0.717, 1.165) is 5.57 Å². The molecule has 0 spiro atoms. The van der Waals surface area contributed by atoms with E-state index in [1.165, 1.54) is 0 Å². The van der Waals surface area contributed by atoms with Crippen LogP contribution in [0.4, 0.5) is 0 Å². The lowest BCUT2D eigenvalue weighted by Crippen LogP contribution is -2.43. The molecule has 4 heteroatoms. The maximum atomic E-state index is 11.7. The van der Waals surface area contributed by atoms with Crippen molar-refractivity contribution in [3.8, 4) is 0 Å².